The summed E-state index contributed by atoms with van der Waals surface area (Å²) in [6.45, 7) is 12.3. The van der Waals surface area contributed by atoms with Crippen LogP contribution in [-0.4, -0.2) is 47.4 Å². The Labute approximate surface area is 169 Å². The molecule has 2 aliphatic heterocycles. The summed E-state index contributed by atoms with van der Waals surface area (Å²) in [5.74, 6) is 1.58. The third-order valence-corrected chi connectivity index (χ3v) is 7.11. The van der Waals surface area contributed by atoms with Crippen LogP contribution in [-0.2, 0) is 4.79 Å². The van der Waals surface area contributed by atoms with Gasteiger partial charge < -0.3 is 4.90 Å². The van der Waals surface area contributed by atoms with Crippen LogP contribution in [0.15, 0.2) is 0 Å². The molecule has 0 aliphatic carbocycles. The van der Waals surface area contributed by atoms with Gasteiger partial charge in [0.2, 0.25) is 5.91 Å². The molecule has 0 saturated carbocycles. The van der Waals surface area contributed by atoms with Crippen molar-refractivity contribution >= 4 is 5.91 Å². The summed E-state index contributed by atoms with van der Waals surface area (Å²) in [6, 6.07) is 0.985. The summed E-state index contributed by atoms with van der Waals surface area (Å²) in [5, 5.41) is 0. The molecule has 0 aromatic carbocycles. The average molecular weight is 379 g/mol. The first kappa shape index (κ1) is 22.7. The highest BCUT2D eigenvalue weighted by Gasteiger charge is 2.42. The minimum Gasteiger partial charge on any atom is -0.334 e. The van der Waals surface area contributed by atoms with Gasteiger partial charge in [0.15, 0.2) is 0 Å². The molecular formula is C24H46N2O. The molecule has 27 heavy (non-hydrogen) atoms. The normalized spacial score (nSPS) is 24.0. The first-order valence-corrected chi connectivity index (χ1v) is 12.1. The van der Waals surface area contributed by atoms with Crippen LogP contribution in [0.2, 0.25) is 0 Å². The second kappa shape index (κ2) is 12.1. The van der Waals surface area contributed by atoms with Crippen molar-refractivity contribution in [1.82, 2.24) is 9.80 Å². The number of fused-ring (bicyclic) bond motifs is 2. The number of carbonyl (C=O) groups is 1. The number of likely N-dealkylation sites (tertiary alicyclic amines) is 1. The van der Waals surface area contributed by atoms with Crippen molar-refractivity contribution in [2.45, 2.75) is 117 Å². The van der Waals surface area contributed by atoms with E-state index in [0.717, 1.165) is 25.4 Å². The Bertz CT molecular complexity index is 403. The van der Waals surface area contributed by atoms with Gasteiger partial charge in [-0.15, -0.1) is 0 Å². The maximum atomic E-state index is 12.7. The highest BCUT2D eigenvalue weighted by Crippen LogP contribution is 2.32. The number of piperazine rings is 1. The van der Waals surface area contributed by atoms with E-state index in [1.807, 2.05) is 0 Å². The van der Waals surface area contributed by atoms with Crippen molar-refractivity contribution in [3.8, 4) is 0 Å². The maximum absolute atomic E-state index is 12.7. The van der Waals surface area contributed by atoms with Gasteiger partial charge in [-0.3, -0.25) is 9.69 Å². The zero-order chi connectivity index (χ0) is 19.6. The van der Waals surface area contributed by atoms with Gasteiger partial charge in [-0.05, 0) is 38.1 Å². The molecule has 0 aromatic rings. The number of hydrogen-bond donors (Lipinski definition) is 0. The zero-order valence-corrected chi connectivity index (χ0v) is 18.7. The van der Waals surface area contributed by atoms with Crippen LogP contribution in [0.1, 0.15) is 105 Å². The Morgan fingerprint density at radius 1 is 0.889 bits per heavy atom. The van der Waals surface area contributed by atoms with E-state index in [2.05, 4.69) is 37.5 Å². The fraction of sp³-hybridized carbons (Fsp3) is 0.958. The van der Waals surface area contributed by atoms with E-state index in [9.17, 15) is 4.79 Å². The van der Waals surface area contributed by atoms with Crippen molar-refractivity contribution in [2.75, 3.05) is 19.6 Å². The average Bonchev–Trinajstić information content (AvgIpc) is 2.95. The van der Waals surface area contributed by atoms with Gasteiger partial charge >= 0.3 is 0 Å². The number of amides is 1. The van der Waals surface area contributed by atoms with Crippen LogP contribution in [0.25, 0.3) is 0 Å². The van der Waals surface area contributed by atoms with Crippen molar-refractivity contribution in [3.63, 3.8) is 0 Å². The lowest BCUT2D eigenvalue weighted by atomic mass is 9.91. The molecule has 2 bridgehead atoms. The van der Waals surface area contributed by atoms with Gasteiger partial charge in [0.25, 0.3) is 0 Å². The largest absolute Gasteiger partial charge is 0.334 e. The topological polar surface area (TPSA) is 23.6 Å². The van der Waals surface area contributed by atoms with Gasteiger partial charge in [-0.1, -0.05) is 79.1 Å². The van der Waals surface area contributed by atoms with Crippen LogP contribution in [0.3, 0.4) is 0 Å². The molecular weight excluding hydrogens is 332 g/mol. The summed E-state index contributed by atoms with van der Waals surface area (Å²) in [5.41, 5.74) is 0. The SMILES string of the molecule is CCCCC(CCCC)CCCCN1C[C@H]2CC[C@@H](C1)N2C(=O)C(C)CC. The lowest BCUT2D eigenvalue weighted by molar-refractivity contribution is -0.141. The molecule has 2 aliphatic rings. The zero-order valence-electron chi connectivity index (χ0n) is 18.7. The third kappa shape index (κ3) is 6.76. The molecule has 158 valence electrons. The second-order valence-electron chi connectivity index (χ2n) is 9.35. The number of hydrogen-bond acceptors (Lipinski definition) is 2. The smallest absolute Gasteiger partial charge is 0.225 e. The van der Waals surface area contributed by atoms with Crippen LogP contribution in [0, 0.1) is 11.8 Å². The molecule has 0 N–H and O–H groups in total. The second-order valence-corrected chi connectivity index (χ2v) is 9.35. The molecule has 0 aromatic heterocycles. The van der Waals surface area contributed by atoms with Gasteiger partial charge in [-0.25, -0.2) is 0 Å². The molecule has 2 fully saturated rings. The van der Waals surface area contributed by atoms with Crippen molar-refractivity contribution in [2.24, 2.45) is 11.8 Å². The predicted octanol–water partition coefficient (Wildman–Crippen LogP) is 5.87. The van der Waals surface area contributed by atoms with Crippen LogP contribution < -0.4 is 0 Å². The van der Waals surface area contributed by atoms with E-state index in [1.165, 1.54) is 77.2 Å². The van der Waals surface area contributed by atoms with E-state index < -0.39 is 0 Å². The van der Waals surface area contributed by atoms with Crippen molar-refractivity contribution in [3.05, 3.63) is 0 Å². The minimum absolute atomic E-state index is 0.197. The summed E-state index contributed by atoms with van der Waals surface area (Å²) in [7, 11) is 0. The minimum atomic E-state index is 0.197. The van der Waals surface area contributed by atoms with Gasteiger partial charge in [0, 0.05) is 31.1 Å². The Morgan fingerprint density at radius 3 is 1.96 bits per heavy atom. The molecule has 1 amide bonds. The van der Waals surface area contributed by atoms with E-state index >= 15 is 0 Å². The standard InChI is InChI=1S/C24H46N2O/c1-5-8-12-21(13-9-6-2)14-10-11-17-25-18-22-15-16-23(19-25)26(22)24(27)20(4)7-3/h20-23H,5-19H2,1-4H3/t20?,22-,23+. The van der Waals surface area contributed by atoms with Crippen LogP contribution >= 0.6 is 0 Å². The quantitative estimate of drug-likeness (QED) is 0.374. The highest BCUT2D eigenvalue weighted by atomic mass is 16.2. The molecule has 2 rings (SSSR count). The Hall–Kier alpha value is -0.570. The first-order chi connectivity index (χ1) is 13.1. The first-order valence-electron chi connectivity index (χ1n) is 12.1. The highest BCUT2D eigenvalue weighted by molar-refractivity contribution is 5.79. The predicted molar refractivity (Wildman–Crippen MR) is 116 cm³/mol. The van der Waals surface area contributed by atoms with E-state index in [4.69, 9.17) is 0 Å². The van der Waals surface area contributed by atoms with Gasteiger partial charge in [-0.2, -0.15) is 0 Å². The van der Waals surface area contributed by atoms with E-state index in [0.29, 0.717) is 18.0 Å². The van der Waals surface area contributed by atoms with Crippen molar-refractivity contribution < 1.29 is 4.79 Å². The van der Waals surface area contributed by atoms with E-state index in [1.54, 1.807) is 0 Å². The molecule has 2 heterocycles. The fourth-order valence-corrected chi connectivity index (χ4v) is 5.15. The van der Waals surface area contributed by atoms with Crippen molar-refractivity contribution in [1.29, 1.82) is 0 Å². The van der Waals surface area contributed by atoms with Gasteiger partial charge in [0.05, 0.1) is 0 Å². The summed E-state index contributed by atoms with van der Waals surface area (Å²) in [4.78, 5) is 17.6. The number of unbranched alkanes of at least 4 members (excludes halogenated alkanes) is 3. The van der Waals surface area contributed by atoms with E-state index in [-0.39, 0.29) is 5.92 Å². The number of rotatable bonds is 13. The molecule has 3 nitrogen and oxygen atoms in total. The van der Waals surface area contributed by atoms with Gasteiger partial charge in [0.1, 0.15) is 0 Å². The van der Waals surface area contributed by atoms with Crippen LogP contribution in [0.4, 0.5) is 0 Å². The molecule has 1 unspecified atom stereocenters. The molecule has 2 saturated heterocycles. The Balaban J connectivity index is 1.70. The lowest BCUT2D eigenvalue weighted by Gasteiger charge is -2.42. The molecule has 0 spiro atoms. The molecule has 3 atom stereocenters. The summed E-state index contributed by atoms with van der Waals surface area (Å²) in [6.07, 6.45) is 15.9. The third-order valence-electron chi connectivity index (χ3n) is 7.11. The molecule has 3 heteroatoms. The lowest BCUT2D eigenvalue weighted by Crippen LogP contribution is -2.56. The number of carbonyl (C=O) groups excluding carboxylic acids is 1. The Kier molecular flexibility index (Phi) is 10.2. The van der Waals surface area contributed by atoms with Crippen LogP contribution in [0.5, 0.6) is 0 Å². The maximum Gasteiger partial charge on any atom is 0.225 e. The summed E-state index contributed by atoms with van der Waals surface area (Å²) < 4.78 is 0. The number of nitrogens with zero attached hydrogens (tertiary/aromatic N) is 2. The fourth-order valence-electron chi connectivity index (χ4n) is 5.15. The Morgan fingerprint density at radius 2 is 1.44 bits per heavy atom. The molecule has 0 radical (unpaired) electrons. The summed E-state index contributed by atoms with van der Waals surface area (Å²) >= 11 is 0. The monoisotopic (exact) mass is 378 g/mol.